The molecule has 4 rings (SSSR count). The van der Waals surface area contributed by atoms with E-state index in [1.165, 1.54) is 23.1 Å². The molecule has 0 atom stereocenters. The molecule has 0 radical (unpaired) electrons. The second kappa shape index (κ2) is 9.19. The summed E-state index contributed by atoms with van der Waals surface area (Å²) in [5.74, 6) is -0.666. The van der Waals surface area contributed by atoms with Crippen LogP contribution in [0.2, 0.25) is 0 Å². The molecule has 0 bridgehead atoms. The third-order valence-corrected chi connectivity index (χ3v) is 5.76. The first-order valence-corrected chi connectivity index (χ1v) is 10.7. The van der Waals surface area contributed by atoms with Gasteiger partial charge in [0.1, 0.15) is 5.82 Å². The fraction of sp³-hybridized carbons (Fsp3) is 0.130. The third-order valence-electron chi connectivity index (χ3n) is 4.90. The van der Waals surface area contributed by atoms with Gasteiger partial charge in [0.15, 0.2) is 0 Å². The maximum atomic E-state index is 13.2. The number of thioether (sulfide) groups is 1. The number of carbonyl (C=O) groups is 3. The Morgan fingerprint density at radius 1 is 1.16 bits per heavy atom. The second-order valence-corrected chi connectivity index (χ2v) is 8.06. The summed E-state index contributed by atoms with van der Waals surface area (Å²) in [6.45, 7) is 0.214. The lowest BCUT2D eigenvalue weighted by Gasteiger charge is -2.13. The van der Waals surface area contributed by atoms with E-state index < -0.39 is 0 Å². The van der Waals surface area contributed by atoms with Crippen LogP contribution in [-0.4, -0.2) is 37.5 Å². The lowest BCUT2D eigenvalue weighted by molar-refractivity contribution is -0.125. The average Bonchev–Trinajstić information content (AvgIpc) is 3.31. The fourth-order valence-corrected chi connectivity index (χ4v) is 4.02. The first-order chi connectivity index (χ1) is 15.4. The topological polar surface area (TPSA) is 84.3 Å². The molecule has 2 aromatic carbocycles. The van der Waals surface area contributed by atoms with E-state index in [1.807, 2.05) is 0 Å². The minimum Gasteiger partial charge on any atom is -0.323 e. The molecule has 3 aromatic rings. The van der Waals surface area contributed by atoms with Crippen molar-refractivity contribution in [3.05, 3.63) is 77.7 Å². The Kier molecular flexibility index (Phi) is 6.18. The summed E-state index contributed by atoms with van der Waals surface area (Å²) < 4.78 is 14.9. The number of nitrogens with one attached hydrogen (secondary N) is 1. The number of imide groups is 1. The Balaban J connectivity index is 1.40. The molecular formula is C23H19FN4O3S. The number of carbonyl (C=O) groups excluding carboxylic acids is 3. The van der Waals surface area contributed by atoms with E-state index in [-0.39, 0.29) is 35.2 Å². The summed E-state index contributed by atoms with van der Waals surface area (Å²) >= 11 is 1.000. The van der Waals surface area contributed by atoms with Crippen molar-refractivity contribution >= 4 is 40.6 Å². The van der Waals surface area contributed by atoms with Crippen molar-refractivity contribution in [1.82, 2.24) is 14.7 Å². The number of nitrogens with zero attached hydrogens (tertiary/aromatic N) is 3. The van der Waals surface area contributed by atoms with Gasteiger partial charge in [-0.1, -0.05) is 23.9 Å². The van der Waals surface area contributed by atoms with E-state index in [1.54, 1.807) is 60.4 Å². The van der Waals surface area contributed by atoms with Gasteiger partial charge in [-0.2, -0.15) is 5.10 Å². The molecule has 7 nitrogen and oxygen atoms in total. The Morgan fingerprint density at radius 2 is 1.88 bits per heavy atom. The van der Waals surface area contributed by atoms with Crippen molar-refractivity contribution in [2.75, 3.05) is 11.1 Å². The molecule has 162 valence electrons. The van der Waals surface area contributed by atoms with Crippen LogP contribution in [0.3, 0.4) is 0 Å². The van der Waals surface area contributed by atoms with Crippen molar-refractivity contribution in [3.63, 3.8) is 0 Å². The van der Waals surface area contributed by atoms with E-state index >= 15 is 0 Å². The van der Waals surface area contributed by atoms with Crippen molar-refractivity contribution < 1.29 is 18.8 Å². The van der Waals surface area contributed by atoms with Crippen LogP contribution in [0.25, 0.3) is 17.3 Å². The average molecular weight is 450 g/mol. The number of hydrogen-bond acceptors (Lipinski definition) is 5. The standard InChI is InChI=1S/C23H19FN4O3S/c1-27-22(16-4-7-18(24)8-5-16)17(12-25-27)6-11-20(29)26-19-9-2-15(3-10-19)13-28-21(30)14-32-23(28)31/h2-12H,13-14H2,1H3,(H,26,29). The summed E-state index contributed by atoms with van der Waals surface area (Å²) in [6.07, 6.45) is 4.69. The molecule has 0 saturated carbocycles. The number of aromatic nitrogens is 2. The molecule has 32 heavy (non-hydrogen) atoms. The highest BCUT2D eigenvalue weighted by molar-refractivity contribution is 8.14. The van der Waals surface area contributed by atoms with E-state index in [0.29, 0.717) is 5.69 Å². The van der Waals surface area contributed by atoms with Gasteiger partial charge in [-0.05, 0) is 48.0 Å². The van der Waals surface area contributed by atoms with Crippen LogP contribution in [0, 0.1) is 5.82 Å². The highest BCUT2D eigenvalue weighted by Crippen LogP contribution is 2.25. The molecule has 1 N–H and O–H groups in total. The predicted molar refractivity (Wildman–Crippen MR) is 121 cm³/mol. The van der Waals surface area contributed by atoms with Crippen LogP contribution < -0.4 is 5.32 Å². The summed E-state index contributed by atoms with van der Waals surface area (Å²) in [5, 5.41) is 6.75. The lowest BCUT2D eigenvalue weighted by Crippen LogP contribution is -2.27. The van der Waals surface area contributed by atoms with Crippen molar-refractivity contribution in [3.8, 4) is 11.3 Å². The van der Waals surface area contributed by atoms with Crippen LogP contribution in [0.15, 0.2) is 60.8 Å². The highest BCUT2D eigenvalue weighted by atomic mass is 32.2. The van der Waals surface area contributed by atoms with Crippen LogP contribution in [0.1, 0.15) is 11.1 Å². The van der Waals surface area contributed by atoms with E-state index in [2.05, 4.69) is 10.4 Å². The Morgan fingerprint density at radius 3 is 2.53 bits per heavy atom. The number of aryl methyl sites for hydroxylation is 1. The molecule has 3 amide bonds. The third kappa shape index (κ3) is 4.78. The van der Waals surface area contributed by atoms with Crippen molar-refractivity contribution in [2.24, 2.45) is 7.05 Å². The number of rotatable bonds is 6. The number of benzene rings is 2. The first kappa shape index (κ1) is 21.5. The van der Waals surface area contributed by atoms with E-state index in [9.17, 15) is 18.8 Å². The zero-order valence-electron chi connectivity index (χ0n) is 17.1. The van der Waals surface area contributed by atoms with E-state index in [4.69, 9.17) is 0 Å². The SMILES string of the molecule is Cn1ncc(C=CC(=O)Nc2ccc(CN3C(=O)CSC3=O)cc2)c1-c1ccc(F)cc1. The van der Waals surface area contributed by atoms with Crippen molar-refractivity contribution in [2.45, 2.75) is 6.54 Å². The molecule has 9 heteroatoms. The smallest absolute Gasteiger partial charge is 0.289 e. The Labute approximate surface area is 187 Å². The molecule has 0 spiro atoms. The first-order valence-electron chi connectivity index (χ1n) is 9.74. The fourth-order valence-electron chi connectivity index (χ4n) is 3.30. The molecule has 2 heterocycles. The van der Waals surface area contributed by atoms with Gasteiger partial charge in [-0.25, -0.2) is 4.39 Å². The van der Waals surface area contributed by atoms with Gasteiger partial charge < -0.3 is 5.32 Å². The van der Waals surface area contributed by atoms with Crippen molar-refractivity contribution in [1.29, 1.82) is 0 Å². The molecule has 1 aliphatic rings. The molecule has 1 aromatic heterocycles. The van der Waals surface area contributed by atoms with Crippen LogP contribution in [0.5, 0.6) is 0 Å². The van der Waals surface area contributed by atoms with Gasteiger partial charge in [0.05, 0.1) is 24.2 Å². The lowest BCUT2D eigenvalue weighted by atomic mass is 10.1. The Bertz CT molecular complexity index is 1190. The summed E-state index contributed by atoms with van der Waals surface area (Å²) in [6, 6.07) is 13.0. The van der Waals surface area contributed by atoms with Gasteiger partial charge in [-0.15, -0.1) is 0 Å². The minimum absolute atomic E-state index is 0.180. The van der Waals surface area contributed by atoms with Gasteiger partial charge in [0, 0.05) is 29.9 Å². The highest BCUT2D eigenvalue weighted by Gasteiger charge is 2.29. The molecular weight excluding hydrogens is 431 g/mol. The molecule has 1 fully saturated rings. The molecule has 1 aliphatic heterocycles. The van der Waals surface area contributed by atoms with Gasteiger partial charge in [0.2, 0.25) is 11.8 Å². The zero-order valence-corrected chi connectivity index (χ0v) is 17.9. The van der Waals surface area contributed by atoms with Gasteiger partial charge >= 0.3 is 0 Å². The summed E-state index contributed by atoms with van der Waals surface area (Å²) in [5.41, 5.74) is 3.66. The van der Waals surface area contributed by atoms with Crippen LogP contribution in [0.4, 0.5) is 14.9 Å². The van der Waals surface area contributed by atoms with Crippen LogP contribution in [-0.2, 0) is 23.2 Å². The minimum atomic E-state index is -0.326. The number of hydrogen-bond donors (Lipinski definition) is 1. The molecule has 0 aliphatic carbocycles. The van der Waals surface area contributed by atoms with Crippen LogP contribution >= 0.6 is 11.8 Å². The predicted octanol–water partition coefficient (Wildman–Crippen LogP) is 4.07. The largest absolute Gasteiger partial charge is 0.323 e. The quantitative estimate of drug-likeness (QED) is 0.573. The second-order valence-electron chi connectivity index (χ2n) is 7.13. The van der Waals surface area contributed by atoms with E-state index in [0.717, 1.165) is 34.1 Å². The number of anilines is 1. The maximum Gasteiger partial charge on any atom is 0.289 e. The normalized spacial score (nSPS) is 13.9. The number of halogens is 1. The van der Waals surface area contributed by atoms with Gasteiger partial charge in [0.25, 0.3) is 5.24 Å². The van der Waals surface area contributed by atoms with Gasteiger partial charge in [-0.3, -0.25) is 24.0 Å². The number of amides is 3. The summed E-state index contributed by atoms with van der Waals surface area (Å²) in [4.78, 5) is 37.0. The molecule has 1 saturated heterocycles. The maximum absolute atomic E-state index is 13.2. The zero-order chi connectivity index (χ0) is 22.7. The Hall–Kier alpha value is -3.72. The summed E-state index contributed by atoms with van der Waals surface area (Å²) in [7, 11) is 1.78. The molecule has 0 unspecified atom stereocenters. The monoisotopic (exact) mass is 450 g/mol.